The van der Waals surface area contributed by atoms with Gasteiger partial charge in [-0.15, -0.1) is 0 Å². The summed E-state index contributed by atoms with van der Waals surface area (Å²) < 4.78 is 38.1. The number of amides is 1. The first-order chi connectivity index (χ1) is 8.71. The molecule has 1 aliphatic carbocycles. The van der Waals surface area contributed by atoms with E-state index in [1.54, 1.807) is 11.9 Å². The molecule has 1 saturated carbocycles. The van der Waals surface area contributed by atoms with Crippen molar-refractivity contribution in [2.24, 2.45) is 17.8 Å². The first-order valence-corrected chi connectivity index (χ1v) is 7.03. The Balaban J connectivity index is 2.52. The molecule has 0 aromatic rings. The van der Waals surface area contributed by atoms with Crippen LogP contribution in [0.2, 0.25) is 0 Å². The van der Waals surface area contributed by atoms with Crippen LogP contribution in [-0.4, -0.2) is 30.6 Å². The highest BCUT2D eigenvalue weighted by Gasteiger charge is 2.43. The summed E-state index contributed by atoms with van der Waals surface area (Å²) >= 11 is 0. The molecule has 112 valence electrons. The predicted molar refractivity (Wildman–Crippen MR) is 68.6 cm³/mol. The molecule has 1 aliphatic rings. The summed E-state index contributed by atoms with van der Waals surface area (Å²) in [5, 5.41) is 0. The normalized spacial score (nSPS) is 24.6. The van der Waals surface area contributed by atoms with Crippen molar-refractivity contribution in [1.29, 1.82) is 0 Å². The van der Waals surface area contributed by atoms with Crippen molar-refractivity contribution >= 4 is 5.91 Å². The molecule has 0 N–H and O–H groups in total. The van der Waals surface area contributed by atoms with E-state index in [9.17, 15) is 18.0 Å². The van der Waals surface area contributed by atoms with E-state index in [2.05, 4.69) is 13.8 Å². The van der Waals surface area contributed by atoms with Crippen molar-refractivity contribution in [3.63, 3.8) is 0 Å². The van der Waals surface area contributed by atoms with E-state index in [1.807, 2.05) is 0 Å². The molecule has 0 aromatic carbocycles. The lowest BCUT2D eigenvalue weighted by Crippen LogP contribution is -2.39. The van der Waals surface area contributed by atoms with Gasteiger partial charge >= 0.3 is 6.18 Å². The zero-order chi connectivity index (χ0) is 14.6. The van der Waals surface area contributed by atoms with E-state index in [0.29, 0.717) is 25.3 Å². The van der Waals surface area contributed by atoms with Crippen LogP contribution < -0.4 is 0 Å². The average molecular weight is 279 g/mol. The van der Waals surface area contributed by atoms with E-state index in [4.69, 9.17) is 0 Å². The Morgan fingerprint density at radius 3 is 2.47 bits per heavy atom. The summed E-state index contributed by atoms with van der Waals surface area (Å²) in [5.41, 5.74) is 0. The molecule has 2 nitrogen and oxygen atoms in total. The molecule has 1 fully saturated rings. The quantitative estimate of drug-likeness (QED) is 0.765. The molecule has 0 unspecified atom stereocenters. The zero-order valence-electron chi connectivity index (χ0n) is 12.0. The minimum atomic E-state index is -4.16. The third kappa shape index (κ3) is 5.03. The fraction of sp³-hybridized carbons (Fsp3) is 0.929. The van der Waals surface area contributed by atoms with Gasteiger partial charge in [-0.25, -0.2) is 0 Å². The van der Waals surface area contributed by atoms with Crippen LogP contribution in [0.15, 0.2) is 0 Å². The smallest absolute Gasteiger partial charge is 0.346 e. The van der Waals surface area contributed by atoms with Gasteiger partial charge in [-0.2, -0.15) is 13.2 Å². The summed E-state index contributed by atoms with van der Waals surface area (Å²) in [6.45, 7) is 4.76. The van der Waals surface area contributed by atoms with Crippen LogP contribution in [0.5, 0.6) is 0 Å². The molecule has 5 heteroatoms. The minimum Gasteiger partial charge on any atom is -0.346 e. The molecule has 0 heterocycles. The highest BCUT2D eigenvalue weighted by molar-refractivity contribution is 5.78. The van der Waals surface area contributed by atoms with Crippen molar-refractivity contribution in [2.45, 2.75) is 52.1 Å². The van der Waals surface area contributed by atoms with Crippen LogP contribution in [0.3, 0.4) is 0 Å². The molecule has 2 atom stereocenters. The van der Waals surface area contributed by atoms with Crippen LogP contribution in [-0.2, 0) is 4.79 Å². The maximum atomic E-state index is 12.7. The Morgan fingerprint density at radius 1 is 1.32 bits per heavy atom. The first kappa shape index (κ1) is 16.3. The van der Waals surface area contributed by atoms with Gasteiger partial charge in [-0.3, -0.25) is 4.79 Å². The molecule has 0 bridgehead atoms. The largest absolute Gasteiger partial charge is 0.391 e. The first-order valence-electron chi connectivity index (χ1n) is 7.03. The van der Waals surface area contributed by atoms with E-state index < -0.39 is 18.0 Å². The Bertz CT molecular complexity index is 302. The highest BCUT2D eigenvalue weighted by Crippen LogP contribution is 2.40. The lowest BCUT2D eigenvalue weighted by atomic mass is 9.80. The maximum absolute atomic E-state index is 12.7. The van der Waals surface area contributed by atoms with Crippen LogP contribution in [0.25, 0.3) is 0 Å². The van der Waals surface area contributed by atoms with E-state index in [1.165, 1.54) is 0 Å². The van der Waals surface area contributed by atoms with Gasteiger partial charge in [0, 0.05) is 19.5 Å². The van der Waals surface area contributed by atoms with Gasteiger partial charge in [0.05, 0.1) is 5.92 Å². The Hall–Kier alpha value is -0.740. The topological polar surface area (TPSA) is 20.3 Å². The Morgan fingerprint density at radius 2 is 1.95 bits per heavy atom. The number of rotatable bonds is 4. The molecular weight excluding hydrogens is 255 g/mol. The molecule has 1 amide bonds. The average Bonchev–Trinajstić information content (AvgIpc) is 2.34. The summed E-state index contributed by atoms with van der Waals surface area (Å²) in [6, 6.07) is 0. The van der Waals surface area contributed by atoms with Gasteiger partial charge < -0.3 is 4.90 Å². The molecule has 0 saturated heterocycles. The second-order valence-corrected chi connectivity index (χ2v) is 6.04. The minimum absolute atomic E-state index is 0.0334. The van der Waals surface area contributed by atoms with Gasteiger partial charge in [0.25, 0.3) is 0 Å². The van der Waals surface area contributed by atoms with Crippen molar-refractivity contribution in [2.75, 3.05) is 13.6 Å². The molecular formula is C14H24F3NO. The standard InChI is InChI=1S/C14H24F3NO/c1-10(2)7-8-18(3)13(19)11-5-4-6-12(9-11)14(15,16)17/h10-12H,4-9H2,1-3H3/t11-,12+/m1/s1. The third-order valence-electron chi connectivity index (χ3n) is 3.90. The molecule has 19 heavy (non-hydrogen) atoms. The van der Waals surface area contributed by atoms with Crippen LogP contribution in [0.4, 0.5) is 13.2 Å². The predicted octanol–water partition coefficient (Wildman–Crippen LogP) is 3.86. The van der Waals surface area contributed by atoms with Crippen LogP contribution in [0.1, 0.15) is 46.0 Å². The number of hydrogen-bond donors (Lipinski definition) is 0. The van der Waals surface area contributed by atoms with Crippen molar-refractivity contribution in [3.8, 4) is 0 Å². The fourth-order valence-electron chi connectivity index (χ4n) is 2.59. The Labute approximate surface area is 113 Å². The monoisotopic (exact) mass is 279 g/mol. The molecule has 0 aromatic heterocycles. The molecule has 0 radical (unpaired) electrons. The third-order valence-corrected chi connectivity index (χ3v) is 3.90. The number of alkyl halides is 3. The van der Waals surface area contributed by atoms with Crippen molar-refractivity contribution in [3.05, 3.63) is 0 Å². The lowest BCUT2D eigenvalue weighted by molar-refractivity contribution is -0.187. The molecule has 0 aliphatic heterocycles. The van der Waals surface area contributed by atoms with Gasteiger partial charge in [0.2, 0.25) is 5.91 Å². The molecule has 0 spiro atoms. The zero-order valence-corrected chi connectivity index (χ0v) is 12.0. The second kappa shape index (κ2) is 6.62. The van der Waals surface area contributed by atoms with Gasteiger partial charge in [0.15, 0.2) is 0 Å². The number of halogens is 3. The lowest BCUT2D eigenvalue weighted by Gasteiger charge is -2.32. The summed E-state index contributed by atoms with van der Waals surface area (Å²) in [4.78, 5) is 13.7. The van der Waals surface area contributed by atoms with Crippen molar-refractivity contribution < 1.29 is 18.0 Å². The van der Waals surface area contributed by atoms with Gasteiger partial charge in [-0.05, 0) is 31.6 Å². The number of carbonyl (C=O) groups is 1. The summed E-state index contributed by atoms with van der Waals surface area (Å²) in [5.74, 6) is -1.37. The van der Waals surface area contributed by atoms with E-state index in [0.717, 1.165) is 6.42 Å². The van der Waals surface area contributed by atoms with Crippen LogP contribution >= 0.6 is 0 Å². The van der Waals surface area contributed by atoms with Gasteiger partial charge in [0.1, 0.15) is 0 Å². The highest BCUT2D eigenvalue weighted by atomic mass is 19.4. The van der Waals surface area contributed by atoms with Gasteiger partial charge in [-0.1, -0.05) is 20.3 Å². The summed E-state index contributed by atoms with van der Waals surface area (Å²) in [7, 11) is 1.70. The SMILES string of the molecule is CC(C)CCN(C)C(=O)[C@@H]1CCC[C@H](C(F)(F)F)C1. The number of carbonyl (C=O) groups excluding carboxylic acids is 1. The van der Waals surface area contributed by atoms with E-state index in [-0.39, 0.29) is 18.7 Å². The molecule has 1 rings (SSSR count). The van der Waals surface area contributed by atoms with Crippen molar-refractivity contribution in [1.82, 2.24) is 4.90 Å². The number of hydrogen-bond acceptors (Lipinski definition) is 1. The second-order valence-electron chi connectivity index (χ2n) is 6.04. The maximum Gasteiger partial charge on any atom is 0.391 e. The van der Waals surface area contributed by atoms with E-state index >= 15 is 0 Å². The Kier molecular flexibility index (Phi) is 5.68. The van der Waals surface area contributed by atoms with Crippen LogP contribution in [0, 0.1) is 17.8 Å². The summed E-state index contributed by atoms with van der Waals surface area (Å²) in [6.07, 6.45) is -2.04. The number of nitrogens with zero attached hydrogens (tertiary/aromatic N) is 1. The fourth-order valence-corrected chi connectivity index (χ4v) is 2.59.